The second-order valence-electron chi connectivity index (χ2n) is 8.20. The van der Waals surface area contributed by atoms with Crippen molar-refractivity contribution in [1.29, 1.82) is 0 Å². The van der Waals surface area contributed by atoms with E-state index in [0.717, 1.165) is 37.7 Å². The van der Waals surface area contributed by atoms with Crippen LogP contribution in [0, 0.1) is 5.92 Å². The van der Waals surface area contributed by atoms with Crippen molar-refractivity contribution in [3.8, 4) is 0 Å². The van der Waals surface area contributed by atoms with Crippen molar-refractivity contribution in [2.45, 2.75) is 83.7 Å². The Kier molecular flexibility index (Phi) is 10.2. The van der Waals surface area contributed by atoms with Gasteiger partial charge in [0.15, 0.2) is 5.79 Å². The summed E-state index contributed by atoms with van der Waals surface area (Å²) in [6.45, 7) is 8.79. The summed E-state index contributed by atoms with van der Waals surface area (Å²) in [5.74, 6) is -0.419. The van der Waals surface area contributed by atoms with Crippen LogP contribution in [-0.4, -0.2) is 55.1 Å². The third-order valence-corrected chi connectivity index (χ3v) is 5.96. The van der Waals surface area contributed by atoms with Gasteiger partial charge in [-0.2, -0.15) is 0 Å². The van der Waals surface area contributed by atoms with E-state index in [0.29, 0.717) is 13.0 Å². The number of rotatable bonds is 10. The number of hydrogen-bond donors (Lipinski definition) is 2. The van der Waals surface area contributed by atoms with Gasteiger partial charge in [0, 0.05) is 26.6 Å². The highest BCUT2D eigenvalue weighted by Crippen LogP contribution is 2.35. The van der Waals surface area contributed by atoms with Crippen LogP contribution in [0.3, 0.4) is 0 Å². The minimum atomic E-state index is -0.627. The lowest BCUT2D eigenvalue weighted by molar-refractivity contribution is -0.236. The van der Waals surface area contributed by atoms with Gasteiger partial charge in [0.25, 0.3) is 0 Å². The number of ether oxygens (including phenoxy) is 3. The van der Waals surface area contributed by atoms with Gasteiger partial charge in [0.1, 0.15) is 0 Å². The van der Waals surface area contributed by atoms with Crippen molar-refractivity contribution in [2.24, 2.45) is 5.92 Å². The highest BCUT2D eigenvalue weighted by molar-refractivity contribution is 5.06. The minimum absolute atomic E-state index is 0.0187. The fraction of sp³-hybridized carbons (Fsp3) is 0.818. The van der Waals surface area contributed by atoms with Crippen LogP contribution < -0.4 is 0 Å². The maximum Gasteiger partial charge on any atom is 0.173 e. The Morgan fingerprint density at radius 3 is 2.59 bits per heavy atom. The Morgan fingerprint density at radius 1 is 1.37 bits per heavy atom. The van der Waals surface area contributed by atoms with E-state index >= 15 is 0 Å². The van der Waals surface area contributed by atoms with Crippen molar-refractivity contribution >= 4 is 0 Å². The SMILES string of the molecule is COC(CC=C(C)C)(OC)C(C)CCC[C@]1(C)OCC(=CCO)CC[C@H]1O. The lowest BCUT2D eigenvalue weighted by Crippen LogP contribution is -2.42. The molecule has 0 aliphatic carbocycles. The second-order valence-corrected chi connectivity index (χ2v) is 8.20. The Hall–Kier alpha value is -0.720. The number of aliphatic hydroxyl groups excluding tert-OH is 2. The van der Waals surface area contributed by atoms with Gasteiger partial charge < -0.3 is 24.4 Å². The summed E-state index contributed by atoms with van der Waals surface area (Å²) in [6, 6.07) is 0. The van der Waals surface area contributed by atoms with Crippen LogP contribution in [0.5, 0.6) is 0 Å². The molecule has 3 atom stereocenters. The summed E-state index contributed by atoms with van der Waals surface area (Å²) in [5.41, 5.74) is 1.75. The molecule has 1 fully saturated rings. The smallest absolute Gasteiger partial charge is 0.173 e. The molecule has 2 N–H and O–H groups in total. The molecule has 1 aliphatic rings. The summed E-state index contributed by atoms with van der Waals surface area (Å²) in [7, 11) is 3.40. The first-order valence-electron chi connectivity index (χ1n) is 10.1. The van der Waals surface area contributed by atoms with Gasteiger partial charge in [-0.25, -0.2) is 0 Å². The first-order chi connectivity index (χ1) is 12.7. The molecule has 0 aromatic carbocycles. The van der Waals surface area contributed by atoms with Crippen molar-refractivity contribution in [2.75, 3.05) is 27.4 Å². The third kappa shape index (κ3) is 6.99. The van der Waals surface area contributed by atoms with Crippen LogP contribution >= 0.6 is 0 Å². The zero-order valence-corrected chi connectivity index (χ0v) is 18.1. The summed E-state index contributed by atoms with van der Waals surface area (Å²) < 4.78 is 17.6. The quantitative estimate of drug-likeness (QED) is 0.440. The van der Waals surface area contributed by atoms with Crippen LogP contribution in [0.25, 0.3) is 0 Å². The molecule has 27 heavy (non-hydrogen) atoms. The molecular weight excluding hydrogens is 344 g/mol. The molecule has 5 nitrogen and oxygen atoms in total. The van der Waals surface area contributed by atoms with Crippen molar-refractivity contribution in [3.63, 3.8) is 0 Å². The predicted molar refractivity (Wildman–Crippen MR) is 109 cm³/mol. The maximum absolute atomic E-state index is 10.6. The van der Waals surface area contributed by atoms with E-state index in [-0.39, 0.29) is 12.5 Å². The fourth-order valence-electron chi connectivity index (χ4n) is 3.76. The molecule has 1 aliphatic heterocycles. The molecule has 0 bridgehead atoms. The molecule has 0 saturated carbocycles. The Labute approximate surface area is 165 Å². The standard InChI is InChI=1S/C22H40O5/c1-17(2)11-14-22(25-5,26-6)18(3)8-7-13-21(4)20(24)10-9-19(12-15-23)16-27-21/h11-12,18,20,23-24H,7-10,13-16H2,1-6H3/t18?,20-,21+/m1/s1. The van der Waals surface area contributed by atoms with Gasteiger partial charge in [-0.05, 0) is 52.0 Å². The van der Waals surface area contributed by atoms with E-state index in [1.807, 2.05) is 6.92 Å². The molecule has 5 heteroatoms. The first kappa shape index (κ1) is 24.3. The number of aliphatic hydroxyl groups is 2. The van der Waals surface area contributed by atoms with E-state index < -0.39 is 17.5 Å². The Bertz CT molecular complexity index is 491. The van der Waals surface area contributed by atoms with Crippen molar-refractivity contribution < 1.29 is 24.4 Å². The van der Waals surface area contributed by atoms with Gasteiger partial charge in [0.05, 0.1) is 24.9 Å². The fourth-order valence-corrected chi connectivity index (χ4v) is 3.76. The van der Waals surface area contributed by atoms with Gasteiger partial charge in [0.2, 0.25) is 0 Å². The van der Waals surface area contributed by atoms with Gasteiger partial charge in [-0.15, -0.1) is 0 Å². The van der Waals surface area contributed by atoms with Crippen LogP contribution in [0.2, 0.25) is 0 Å². The minimum Gasteiger partial charge on any atom is -0.392 e. The zero-order valence-electron chi connectivity index (χ0n) is 18.1. The molecule has 0 aromatic rings. The molecule has 0 amide bonds. The molecule has 1 saturated heterocycles. The topological polar surface area (TPSA) is 68.2 Å². The van der Waals surface area contributed by atoms with E-state index in [4.69, 9.17) is 19.3 Å². The molecule has 1 rings (SSSR count). The van der Waals surface area contributed by atoms with Crippen LogP contribution in [0.15, 0.2) is 23.3 Å². The van der Waals surface area contributed by atoms with E-state index in [1.165, 1.54) is 5.57 Å². The van der Waals surface area contributed by atoms with Gasteiger partial charge >= 0.3 is 0 Å². The van der Waals surface area contributed by atoms with E-state index in [2.05, 4.69) is 26.8 Å². The lowest BCUT2D eigenvalue weighted by atomic mass is 9.86. The first-order valence-corrected chi connectivity index (χ1v) is 10.1. The van der Waals surface area contributed by atoms with E-state index in [9.17, 15) is 5.11 Å². The average Bonchev–Trinajstić information content (AvgIpc) is 2.77. The molecule has 0 radical (unpaired) electrons. The van der Waals surface area contributed by atoms with Crippen LogP contribution in [0.4, 0.5) is 0 Å². The van der Waals surface area contributed by atoms with Crippen molar-refractivity contribution in [3.05, 3.63) is 23.3 Å². The monoisotopic (exact) mass is 384 g/mol. The lowest BCUT2D eigenvalue weighted by Gasteiger charge is -2.37. The van der Waals surface area contributed by atoms with Gasteiger partial charge in [-0.1, -0.05) is 31.1 Å². The summed E-state index contributed by atoms with van der Waals surface area (Å²) >= 11 is 0. The molecular formula is C22H40O5. The molecule has 1 unspecified atom stereocenters. The van der Waals surface area contributed by atoms with E-state index in [1.54, 1.807) is 20.3 Å². The summed E-state index contributed by atoms with van der Waals surface area (Å²) in [5, 5.41) is 19.7. The Morgan fingerprint density at radius 2 is 2.04 bits per heavy atom. The number of methoxy groups -OCH3 is 2. The molecule has 0 spiro atoms. The average molecular weight is 385 g/mol. The highest BCUT2D eigenvalue weighted by atomic mass is 16.7. The Balaban J connectivity index is 2.68. The van der Waals surface area contributed by atoms with Gasteiger partial charge in [-0.3, -0.25) is 0 Å². The molecule has 0 aromatic heterocycles. The number of allylic oxidation sites excluding steroid dienone is 1. The highest BCUT2D eigenvalue weighted by Gasteiger charge is 2.38. The second kappa shape index (κ2) is 11.3. The molecule has 1 heterocycles. The number of hydrogen-bond acceptors (Lipinski definition) is 5. The maximum atomic E-state index is 10.6. The largest absolute Gasteiger partial charge is 0.392 e. The van der Waals surface area contributed by atoms with Crippen LogP contribution in [-0.2, 0) is 14.2 Å². The third-order valence-electron chi connectivity index (χ3n) is 5.96. The summed E-state index contributed by atoms with van der Waals surface area (Å²) in [4.78, 5) is 0. The predicted octanol–water partition coefficient (Wildman–Crippen LogP) is 3.99. The van der Waals surface area contributed by atoms with Crippen LogP contribution in [0.1, 0.15) is 66.2 Å². The van der Waals surface area contributed by atoms with Crippen molar-refractivity contribution in [1.82, 2.24) is 0 Å². The normalized spacial score (nSPS) is 26.7. The summed E-state index contributed by atoms with van der Waals surface area (Å²) in [6.07, 6.45) is 8.20. The zero-order chi connectivity index (χ0) is 20.5. The molecule has 158 valence electrons.